The summed E-state index contributed by atoms with van der Waals surface area (Å²) in [7, 11) is -4.09. The largest absolute Gasteiger partial charge is 0.565 e. The Hall–Kier alpha value is -4.08. The van der Waals surface area contributed by atoms with Crippen molar-refractivity contribution in [2.24, 2.45) is 4.76 Å². The van der Waals surface area contributed by atoms with Crippen molar-refractivity contribution >= 4 is 35.1 Å². The number of rotatable bonds is 5. The molecule has 5 aromatic carbocycles. The van der Waals surface area contributed by atoms with Crippen molar-refractivity contribution in [3.63, 3.8) is 0 Å². The third kappa shape index (κ3) is 5.00. The Morgan fingerprint density at radius 2 is 1.10 bits per heavy atom. The zero-order chi connectivity index (χ0) is 28.7. The van der Waals surface area contributed by atoms with Gasteiger partial charge in [-0.2, -0.15) is 0 Å². The summed E-state index contributed by atoms with van der Waals surface area (Å²) < 4.78 is 32.7. The van der Waals surface area contributed by atoms with Crippen molar-refractivity contribution in [1.82, 2.24) is 4.90 Å². The van der Waals surface area contributed by atoms with E-state index in [4.69, 9.17) is 13.8 Å². The molecule has 1 heterocycles. The lowest BCUT2D eigenvalue weighted by molar-refractivity contribution is 0.283. The zero-order valence-corrected chi connectivity index (χ0v) is 25.0. The van der Waals surface area contributed by atoms with Gasteiger partial charge in [0.05, 0.1) is 0 Å². The van der Waals surface area contributed by atoms with Crippen LogP contribution in [0.25, 0.3) is 32.7 Å². The molecule has 0 amide bonds. The van der Waals surface area contributed by atoms with E-state index >= 15 is 0 Å². The highest BCUT2D eigenvalue weighted by molar-refractivity contribution is 7.53. The van der Waals surface area contributed by atoms with Gasteiger partial charge in [0.15, 0.2) is 0 Å². The second-order valence-corrected chi connectivity index (χ2v) is 12.7. The Morgan fingerprint density at radius 1 is 0.634 bits per heavy atom. The van der Waals surface area contributed by atoms with Crippen molar-refractivity contribution in [2.45, 2.75) is 52.6 Å². The Morgan fingerprint density at radius 3 is 1.59 bits per heavy atom. The van der Waals surface area contributed by atoms with Crippen LogP contribution in [-0.2, 0) is 4.57 Å². The van der Waals surface area contributed by atoms with E-state index in [2.05, 4.69) is 75.9 Å². The molecule has 0 saturated heterocycles. The minimum atomic E-state index is -4.09. The first-order valence-electron chi connectivity index (χ1n) is 14.2. The van der Waals surface area contributed by atoms with Gasteiger partial charge in [-0.05, 0) is 66.9 Å². The molecule has 0 aromatic heterocycles. The van der Waals surface area contributed by atoms with Gasteiger partial charge < -0.3 is 13.9 Å². The van der Waals surface area contributed by atoms with Crippen molar-refractivity contribution in [3.05, 3.63) is 109 Å². The minimum Gasteiger partial charge on any atom is -0.398 e. The number of hydrogen-bond donors (Lipinski definition) is 0. The quantitative estimate of drug-likeness (QED) is 0.122. The van der Waals surface area contributed by atoms with Crippen LogP contribution in [-0.4, -0.2) is 22.8 Å². The third-order valence-corrected chi connectivity index (χ3v) is 9.05. The summed E-state index contributed by atoms with van der Waals surface area (Å²) >= 11 is 0. The molecule has 41 heavy (non-hydrogen) atoms. The summed E-state index contributed by atoms with van der Waals surface area (Å²) in [6.45, 7) is 10.6. The van der Waals surface area contributed by atoms with Gasteiger partial charge in [-0.25, -0.2) is 4.57 Å². The van der Waals surface area contributed by atoms with Gasteiger partial charge in [0.1, 0.15) is 17.3 Å². The molecule has 5 nitrogen and oxygen atoms in total. The maximum Gasteiger partial charge on any atom is 0.565 e. The minimum absolute atomic E-state index is 0.117. The van der Waals surface area contributed by atoms with Crippen LogP contribution >= 0.6 is 7.75 Å². The average Bonchev–Trinajstić information content (AvgIpc) is 3.10. The fourth-order valence-electron chi connectivity index (χ4n) is 5.98. The zero-order valence-electron chi connectivity index (χ0n) is 24.1. The smallest absolute Gasteiger partial charge is 0.398 e. The molecule has 0 N–H and O–H groups in total. The van der Waals surface area contributed by atoms with E-state index in [1.54, 1.807) is 0 Å². The maximum absolute atomic E-state index is 14.9. The molecule has 0 fully saturated rings. The van der Waals surface area contributed by atoms with Crippen LogP contribution in [0.2, 0.25) is 0 Å². The van der Waals surface area contributed by atoms with Crippen LogP contribution in [0.3, 0.4) is 0 Å². The van der Waals surface area contributed by atoms with Crippen LogP contribution < -0.4 is 9.05 Å². The highest BCUT2D eigenvalue weighted by Gasteiger charge is 2.38. The Balaban J connectivity index is 1.62. The van der Waals surface area contributed by atoms with Crippen molar-refractivity contribution in [1.29, 1.82) is 0 Å². The van der Waals surface area contributed by atoms with E-state index in [0.29, 0.717) is 17.3 Å². The van der Waals surface area contributed by atoms with Gasteiger partial charge in [0.25, 0.3) is 0 Å². The first kappa shape index (κ1) is 27.1. The Labute approximate surface area is 242 Å². The summed E-state index contributed by atoms with van der Waals surface area (Å²) in [5.41, 5.74) is 2.81. The van der Waals surface area contributed by atoms with Gasteiger partial charge in [-0.3, -0.25) is 0 Å². The lowest BCUT2D eigenvalue weighted by Gasteiger charge is -2.37. The molecule has 6 rings (SSSR count). The second kappa shape index (κ2) is 10.7. The Kier molecular flexibility index (Phi) is 7.09. The summed E-state index contributed by atoms with van der Waals surface area (Å²) in [6, 6.07) is 34.6. The number of benzene rings is 5. The molecule has 6 heteroatoms. The summed E-state index contributed by atoms with van der Waals surface area (Å²) in [6.07, 6.45) is 0. The second-order valence-electron chi connectivity index (χ2n) is 11.2. The van der Waals surface area contributed by atoms with Crippen LogP contribution in [0, 0.1) is 0 Å². The number of amidine groups is 1. The van der Waals surface area contributed by atoms with Gasteiger partial charge in [0, 0.05) is 29.1 Å². The van der Waals surface area contributed by atoms with Crippen molar-refractivity contribution < 1.29 is 13.6 Å². The third-order valence-electron chi connectivity index (χ3n) is 7.75. The molecule has 0 aliphatic carbocycles. The van der Waals surface area contributed by atoms with Crippen LogP contribution in [0.15, 0.2) is 108 Å². The topological polar surface area (TPSA) is 51.1 Å². The predicted molar refractivity (Wildman–Crippen MR) is 170 cm³/mol. The first-order valence-corrected chi connectivity index (χ1v) is 15.7. The fourth-order valence-corrected chi connectivity index (χ4v) is 7.43. The van der Waals surface area contributed by atoms with E-state index in [9.17, 15) is 4.57 Å². The van der Waals surface area contributed by atoms with Crippen molar-refractivity contribution in [3.8, 4) is 22.6 Å². The highest BCUT2D eigenvalue weighted by Crippen LogP contribution is 2.60. The summed E-state index contributed by atoms with van der Waals surface area (Å²) in [5, 5.41) is 4.15. The molecule has 208 valence electrons. The lowest BCUT2D eigenvalue weighted by Crippen LogP contribution is -2.44. The lowest BCUT2D eigenvalue weighted by atomic mass is 9.92. The van der Waals surface area contributed by atoms with Crippen LogP contribution in [0.4, 0.5) is 0 Å². The van der Waals surface area contributed by atoms with Crippen LogP contribution in [0.1, 0.15) is 46.1 Å². The standard InChI is InChI=1S/C35H35N2O3P/c1-23(2)37(24(3)4)35(25(5)26-13-7-6-8-14-26)36-41(38)39-31-21-19-27-15-9-11-17-29(27)33(31)34-30-18-12-10-16-28(30)20-22-32(34)40-41/h6-25H,1-5H3/b36-35-/t25-/m1/s1. The monoisotopic (exact) mass is 562 g/mol. The van der Waals surface area contributed by atoms with E-state index in [1.807, 2.05) is 66.7 Å². The molecule has 1 atom stereocenters. The van der Waals surface area contributed by atoms with Gasteiger partial charge in [-0.1, -0.05) is 97.9 Å². The van der Waals surface area contributed by atoms with Crippen LogP contribution in [0.5, 0.6) is 11.5 Å². The molecule has 1 aliphatic rings. The maximum atomic E-state index is 14.9. The number of fused-ring (bicyclic) bond motifs is 7. The molecular weight excluding hydrogens is 527 g/mol. The molecule has 0 bridgehead atoms. The SMILES string of the molecule is CC(C)N(/C(=N\P1(=O)Oc2ccc3ccccc3c2-c2c(ccc3ccccc23)O1)[C@H](C)c1ccccc1)C(C)C. The predicted octanol–water partition coefficient (Wildman–Crippen LogP) is 9.86. The van der Waals surface area contributed by atoms with E-state index in [0.717, 1.165) is 38.2 Å². The Bertz CT molecular complexity index is 1710. The normalized spacial score (nSPS) is 15.1. The number of hydrogen-bond acceptors (Lipinski definition) is 3. The number of nitrogens with zero attached hydrogens (tertiary/aromatic N) is 2. The fraction of sp³-hybridized carbons (Fsp3) is 0.229. The summed E-state index contributed by atoms with van der Waals surface area (Å²) in [5.74, 6) is 1.53. The van der Waals surface area contributed by atoms with Gasteiger partial charge >= 0.3 is 7.75 Å². The van der Waals surface area contributed by atoms with E-state index < -0.39 is 7.75 Å². The first-order chi connectivity index (χ1) is 19.8. The average molecular weight is 563 g/mol. The van der Waals surface area contributed by atoms with Gasteiger partial charge in [0.2, 0.25) is 0 Å². The molecule has 0 unspecified atom stereocenters. The van der Waals surface area contributed by atoms with Crippen molar-refractivity contribution in [2.75, 3.05) is 0 Å². The van der Waals surface area contributed by atoms with Gasteiger partial charge in [-0.15, -0.1) is 4.76 Å². The molecule has 1 aliphatic heterocycles. The molecular formula is C35H35N2O3P. The molecule has 5 aromatic rings. The molecule has 0 spiro atoms. The molecule has 0 radical (unpaired) electrons. The molecule has 0 saturated carbocycles. The summed E-state index contributed by atoms with van der Waals surface area (Å²) in [4.78, 5) is 2.21. The highest BCUT2D eigenvalue weighted by atomic mass is 31.2. The van der Waals surface area contributed by atoms with E-state index in [1.165, 1.54) is 0 Å². The van der Waals surface area contributed by atoms with E-state index in [-0.39, 0.29) is 18.0 Å².